The summed E-state index contributed by atoms with van der Waals surface area (Å²) in [7, 11) is 0. The molecule has 5 heteroatoms. The van der Waals surface area contributed by atoms with Gasteiger partial charge in [0, 0.05) is 18.8 Å². The van der Waals surface area contributed by atoms with Crippen LogP contribution in [0.2, 0.25) is 0 Å². The molecule has 142 valence electrons. The van der Waals surface area contributed by atoms with Crippen molar-refractivity contribution < 1.29 is 14.3 Å². The molecular formula is C22H26N2O3. The molecule has 1 N–H and O–H groups in total. The first-order chi connectivity index (χ1) is 13.1. The van der Waals surface area contributed by atoms with E-state index in [9.17, 15) is 4.79 Å². The number of anilines is 1. The summed E-state index contributed by atoms with van der Waals surface area (Å²) in [6.45, 7) is 9.99. The van der Waals surface area contributed by atoms with Gasteiger partial charge < -0.3 is 19.7 Å². The summed E-state index contributed by atoms with van der Waals surface area (Å²) in [5.41, 5.74) is 1.81. The van der Waals surface area contributed by atoms with Crippen molar-refractivity contribution >= 4 is 11.6 Å². The third kappa shape index (κ3) is 3.83. The quantitative estimate of drug-likeness (QED) is 0.566. The molecule has 0 aromatic heterocycles. The highest BCUT2D eigenvalue weighted by Crippen LogP contribution is 2.38. The summed E-state index contributed by atoms with van der Waals surface area (Å²) in [4.78, 5) is 14.9. The van der Waals surface area contributed by atoms with Crippen LogP contribution in [0.15, 0.2) is 61.2 Å². The number of para-hydroxylation sites is 1. The average Bonchev–Trinajstić information content (AvgIpc) is 2.69. The second-order valence-corrected chi connectivity index (χ2v) is 6.52. The lowest BCUT2D eigenvalue weighted by Gasteiger charge is -2.46. The van der Waals surface area contributed by atoms with Crippen molar-refractivity contribution in [3.63, 3.8) is 0 Å². The SMILES string of the molecule is C=CCN1C(=O)c2ccccc2NC1(C)c1ccc(OCCOCC)cc1. The summed E-state index contributed by atoms with van der Waals surface area (Å²) in [5, 5.41) is 3.53. The molecule has 1 unspecified atom stereocenters. The van der Waals surface area contributed by atoms with Gasteiger partial charge in [0.25, 0.3) is 5.91 Å². The van der Waals surface area contributed by atoms with E-state index in [0.717, 1.165) is 17.0 Å². The van der Waals surface area contributed by atoms with Crippen LogP contribution in [0.1, 0.15) is 29.8 Å². The van der Waals surface area contributed by atoms with Crippen LogP contribution >= 0.6 is 0 Å². The fraction of sp³-hybridized carbons (Fsp3) is 0.318. The van der Waals surface area contributed by atoms with Gasteiger partial charge in [0.15, 0.2) is 0 Å². The molecule has 0 spiro atoms. The van der Waals surface area contributed by atoms with Crippen molar-refractivity contribution in [1.82, 2.24) is 4.90 Å². The van der Waals surface area contributed by atoms with Gasteiger partial charge in [-0.1, -0.05) is 30.3 Å². The zero-order valence-corrected chi connectivity index (χ0v) is 15.9. The molecule has 1 heterocycles. The van der Waals surface area contributed by atoms with Crippen LogP contribution in [0.5, 0.6) is 5.75 Å². The van der Waals surface area contributed by atoms with Crippen molar-refractivity contribution in [2.45, 2.75) is 19.5 Å². The van der Waals surface area contributed by atoms with Crippen molar-refractivity contribution in [3.8, 4) is 5.75 Å². The summed E-state index contributed by atoms with van der Waals surface area (Å²) in [6.07, 6.45) is 1.75. The maximum absolute atomic E-state index is 13.1. The lowest BCUT2D eigenvalue weighted by molar-refractivity contribution is 0.0572. The Morgan fingerprint density at radius 3 is 2.59 bits per heavy atom. The molecule has 2 aromatic rings. The molecule has 5 nitrogen and oxygen atoms in total. The summed E-state index contributed by atoms with van der Waals surface area (Å²) < 4.78 is 11.0. The van der Waals surface area contributed by atoms with E-state index in [4.69, 9.17) is 9.47 Å². The summed E-state index contributed by atoms with van der Waals surface area (Å²) >= 11 is 0. The van der Waals surface area contributed by atoms with Crippen LogP contribution in [-0.2, 0) is 10.4 Å². The van der Waals surface area contributed by atoms with Gasteiger partial charge in [-0.2, -0.15) is 0 Å². The minimum absolute atomic E-state index is 0.0104. The van der Waals surface area contributed by atoms with Gasteiger partial charge in [0.1, 0.15) is 18.0 Å². The number of fused-ring (bicyclic) bond motifs is 1. The highest BCUT2D eigenvalue weighted by molar-refractivity contribution is 6.02. The number of amides is 1. The van der Waals surface area contributed by atoms with E-state index in [2.05, 4.69) is 11.9 Å². The summed E-state index contributed by atoms with van der Waals surface area (Å²) in [5.74, 6) is 0.767. The molecule has 0 saturated carbocycles. The molecular weight excluding hydrogens is 340 g/mol. The van der Waals surface area contributed by atoms with Gasteiger partial charge >= 0.3 is 0 Å². The number of hydrogen-bond acceptors (Lipinski definition) is 4. The van der Waals surface area contributed by atoms with E-state index in [1.807, 2.05) is 62.4 Å². The van der Waals surface area contributed by atoms with E-state index >= 15 is 0 Å². The van der Waals surface area contributed by atoms with Crippen molar-refractivity contribution in [2.24, 2.45) is 0 Å². The topological polar surface area (TPSA) is 50.8 Å². The Kier molecular flexibility index (Phi) is 5.81. The van der Waals surface area contributed by atoms with Gasteiger partial charge in [-0.25, -0.2) is 0 Å². The maximum atomic E-state index is 13.1. The number of carbonyl (C=O) groups excluding carboxylic acids is 1. The molecule has 1 atom stereocenters. The van der Waals surface area contributed by atoms with Crippen LogP contribution in [0.3, 0.4) is 0 Å². The maximum Gasteiger partial charge on any atom is 0.258 e. The molecule has 0 radical (unpaired) electrons. The monoisotopic (exact) mass is 366 g/mol. The molecule has 2 aromatic carbocycles. The molecule has 0 fully saturated rings. The van der Waals surface area contributed by atoms with Gasteiger partial charge in [0.2, 0.25) is 0 Å². The zero-order chi connectivity index (χ0) is 19.3. The first-order valence-corrected chi connectivity index (χ1v) is 9.21. The van der Waals surface area contributed by atoms with Crippen LogP contribution < -0.4 is 10.1 Å². The molecule has 0 saturated heterocycles. The van der Waals surface area contributed by atoms with Crippen LogP contribution in [0.4, 0.5) is 5.69 Å². The van der Waals surface area contributed by atoms with Crippen molar-refractivity contribution in [2.75, 3.05) is 31.7 Å². The standard InChI is InChI=1S/C22H26N2O3/c1-4-14-24-21(25)19-8-6-7-9-20(19)23-22(24,3)17-10-12-18(13-11-17)27-16-15-26-5-2/h4,6-13,23H,1,5,14-16H2,2-3H3. The number of carbonyl (C=O) groups is 1. The van der Waals surface area contributed by atoms with E-state index in [0.29, 0.717) is 31.9 Å². The highest BCUT2D eigenvalue weighted by Gasteiger charge is 2.41. The Morgan fingerprint density at radius 1 is 1.15 bits per heavy atom. The Bertz CT molecular complexity index is 803. The lowest BCUT2D eigenvalue weighted by Crippen LogP contribution is -2.55. The third-order valence-electron chi connectivity index (χ3n) is 4.75. The molecule has 1 amide bonds. The third-order valence-corrected chi connectivity index (χ3v) is 4.75. The first kappa shape index (κ1) is 19.0. The van der Waals surface area contributed by atoms with Gasteiger partial charge in [-0.05, 0) is 43.7 Å². The molecule has 0 bridgehead atoms. The van der Waals surface area contributed by atoms with E-state index in [1.54, 1.807) is 11.0 Å². The van der Waals surface area contributed by atoms with Crippen LogP contribution in [0.25, 0.3) is 0 Å². The fourth-order valence-corrected chi connectivity index (χ4v) is 3.32. The number of nitrogens with zero attached hydrogens (tertiary/aromatic N) is 1. The first-order valence-electron chi connectivity index (χ1n) is 9.21. The highest BCUT2D eigenvalue weighted by atomic mass is 16.5. The Morgan fingerprint density at radius 2 is 1.89 bits per heavy atom. The zero-order valence-electron chi connectivity index (χ0n) is 15.9. The number of nitrogens with one attached hydrogen (secondary N) is 1. The van der Waals surface area contributed by atoms with Gasteiger partial charge in [0.05, 0.1) is 12.2 Å². The van der Waals surface area contributed by atoms with E-state index in [1.165, 1.54) is 0 Å². The van der Waals surface area contributed by atoms with Crippen LogP contribution in [0, 0.1) is 0 Å². The fourth-order valence-electron chi connectivity index (χ4n) is 3.32. The largest absolute Gasteiger partial charge is 0.491 e. The second kappa shape index (κ2) is 8.27. The number of rotatable bonds is 8. The molecule has 1 aliphatic rings. The average molecular weight is 366 g/mol. The van der Waals surface area contributed by atoms with E-state index < -0.39 is 5.66 Å². The minimum Gasteiger partial charge on any atom is -0.491 e. The lowest BCUT2D eigenvalue weighted by atomic mass is 9.93. The Labute approximate surface area is 160 Å². The van der Waals surface area contributed by atoms with E-state index in [-0.39, 0.29) is 5.91 Å². The Hall–Kier alpha value is -2.79. The smallest absolute Gasteiger partial charge is 0.258 e. The van der Waals surface area contributed by atoms with Crippen LogP contribution in [-0.4, -0.2) is 37.2 Å². The predicted molar refractivity (Wildman–Crippen MR) is 107 cm³/mol. The Balaban J connectivity index is 1.86. The molecule has 1 aliphatic heterocycles. The van der Waals surface area contributed by atoms with Gasteiger partial charge in [-0.15, -0.1) is 6.58 Å². The normalized spacial score (nSPS) is 18.6. The van der Waals surface area contributed by atoms with Crippen molar-refractivity contribution in [3.05, 3.63) is 72.3 Å². The van der Waals surface area contributed by atoms with Gasteiger partial charge in [-0.3, -0.25) is 4.79 Å². The van der Waals surface area contributed by atoms with Crippen molar-refractivity contribution in [1.29, 1.82) is 0 Å². The second-order valence-electron chi connectivity index (χ2n) is 6.52. The summed E-state index contributed by atoms with van der Waals surface area (Å²) in [6, 6.07) is 15.4. The number of hydrogen-bond donors (Lipinski definition) is 1. The molecule has 0 aliphatic carbocycles. The minimum atomic E-state index is -0.677. The number of ether oxygens (including phenoxy) is 2. The molecule has 3 rings (SSSR count). The molecule has 27 heavy (non-hydrogen) atoms. The predicted octanol–water partition coefficient (Wildman–Crippen LogP) is 4.03. The number of benzene rings is 2.